The number of fused-ring (bicyclic) bond motifs is 1. The molecule has 108 valence electrons. The minimum Gasteiger partial charge on any atom is -0.453 e. The van der Waals surface area contributed by atoms with Crippen LogP contribution in [0.15, 0.2) is 18.2 Å². The first-order chi connectivity index (χ1) is 9.12. The zero-order chi connectivity index (χ0) is 15.1. The average Bonchev–Trinajstić information content (AvgIpc) is 2.68. The Morgan fingerprint density at radius 1 is 1.30 bits per heavy atom. The number of benzene rings is 1. The molecule has 20 heavy (non-hydrogen) atoms. The van der Waals surface area contributed by atoms with Gasteiger partial charge >= 0.3 is 5.97 Å². The standard InChI is InChI=1S/C15H20N2O3/c1-9-11-8-10(6-7-12(11)17-16-9)13(18)20-15(4,5)14(2,3)19/h6-8,19H,1-5H3,(H,16,17). The highest BCUT2D eigenvalue weighted by Gasteiger charge is 2.39. The van der Waals surface area contributed by atoms with Crippen LogP contribution in [-0.2, 0) is 4.74 Å². The molecule has 2 aromatic rings. The third-order valence-corrected chi connectivity index (χ3v) is 3.80. The van der Waals surface area contributed by atoms with Crippen molar-refractivity contribution in [3.8, 4) is 0 Å². The molecular formula is C15H20N2O3. The van der Waals surface area contributed by atoms with Crippen molar-refractivity contribution in [1.29, 1.82) is 0 Å². The van der Waals surface area contributed by atoms with E-state index in [9.17, 15) is 9.90 Å². The molecule has 0 aliphatic heterocycles. The normalized spacial score (nSPS) is 12.7. The molecule has 5 heteroatoms. The molecular weight excluding hydrogens is 256 g/mol. The second kappa shape index (κ2) is 4.59. The van der Waals surface area contributed by atoms with Gasteiger partial charge in [-0.2, -0.15) is 5.10 Å². The van der Waals surface area contributed by atoms with Gasteiger partial charge in [0.05, 0.1) is 16.7 Å². The Labute approximate surface area is 117 Å². The number of ether oxygens (including phenoxy) is 1. The molecule has 0 radical (unpaired) electrons. The fraction of sp³-hybridized carbons (Fsp3) is 0.467. The van der Waals surface area contributed by atoms with Crippen LogP contribution in [0.5, 0.6) is 0 Å². The number of aryl methyl sites for hydroxylation is 1. The number of H-pyrrole nitrogens is 1. The van der Waals surface area contributed by atoms with Crippen LogP contribution in [-0.4, -0.2) is 32.5 Å². The molecule has 0 atom stereocenters. The van der Waals surface area contributed by atoms with Gasteiger partial charge in [-0.25, -0.2) is 4.79 Å². The highest BCUT2D eigenvalue weighted by atomic mass is 16.6. The summed E-state index contributed by atoms with van der Waals surface area (Å²) >= 11 is 0. The third kappa shape index (κ3) is 2.54. The number of nitrogens with zero attached hydrogens (tertiary/aromatic N) is 1. The molecule has 0 spiro atoms. The average molecular weight is 276 g/mol. The van der Waals surface area contributed by atoms with Crippen molar-refractivity contribution < 1.29 is 14.6 Å². The summed E-state index contributed by atoms with van der Waals surface area (Å²) in [5, 5.41) is 17.9. The van der Waals surface area contributed by atoms with Crippen LogP contribution in [0, 0.1) is 6.92 Å². The van der Waals surface area contributed by atoms with E-state index < -0.39 is 17.2 Å². The maximum absolute atomic E-state index is 12.2. The first kappa shape index (κ1) is 14.5. The van der Waals surface area contributed by atoms with Crippen molar-refractivity contribution in [1.82, 2.24) is 10.2 Å². The fourth-order valence-electron chi connectivity index (χ4n) is 1.68. The molecule has 0 aliphatic rings. The predicted molar refractivity (Wildman–Crippen MR) is 76.6 cm³/mol. The van der Waals surface area contributed by atoms with Crippen molar-refractivity contribution in [2.24, 2.45) is 0 Å². The molecule has 1 aromatic carbocycles. The number of rotatable bonds is 3. The Balaban J connectivity index is 2.30. The lowest BCUT2D eigenvalue weighted by molar-refractivity contribution is -0.116. The van der Waals surface area contributed by atoms with Crippen LogP contribution in [0.25, 0.3) is 10.9 Å². The Morgan fingerprint density at radius 3 is 2.55 bits per heavy atom. The number of hydrogen-bond donors (Lipinski definition) is 2. The van der Waals surface area contributed by atoms with Crippen LogP contribution in [0.2, 0.25) is 0 Å². The van der Waals surface area contributed by atoms with E-state index in [-0.39, 0.29) is 0 Å². The second-order valence-electron chi connectivity index (χ2n) is 6.04. The van der Waals surface area contributed by atoms with Crippen LogP contribution < -0.4 is 0 Å². The van der Waals surface area contributed by atoms with E-state index >= 15 is 0 Å². The Hall–Kier alpha value is -1.88. The number of carbonyl (C=O) groups is 1. The van der Waals surface area contributed by atoms with Gasteiger partial charge in [0.15, 0.2) is 0 Å². The quantitative estimate of drug-likeness (QED) is 0.845. The molecule has 1 aromatic heterocycles. The van der Waals surface area contributed by atoms with E-state index in [1.165, 1.54) is 0 Å². The molecule has 2 N–H and O–H groups in total. The Kier molecular flexibility index (Phi) is 3.34. The zero-order valence-electron chi connectivity index (χ0n) is 12.4. The van der Waals surface area contributed by atoms with Gasteiger partial charge in [0.1, 0.15) is 5.60 Å². The molecule has 0 aliphatic carbocycles. The minimum atomic E-state index is -1.13. The molecule has 0 saturated heterocycles. The largest absolute Gasteiger partial charge is 0.453 e. The van der Waals surface area contributed by atoms with Gasteiger partial charge in [0.25, 0.3) is 0 Å². The van der Waals surface area contributed by atoms with Crippen molar-refractivity contribution in [3.63, 3.8) is 0 Å². The molecule has 0 saturated carbocycles. The second-order valence-corrected chi connectivity index (χ2v) is 6.04. The predicted octanol–water partition coefficient (Wildman–Crippen LogP) is 2.58. The zero-order valence-corrected chi connectivity index (χ0v) is 12.4. The summed E-state index contributed by atoms with van der Waals surface area (Å²) in [5.74, 6) is -0.459. The smallest absolute Gasteiger partial charge is 0.338 e. The van der Waals surface area contributed by atoms with Gasteiger partial charge in [-0.15, -0.1) is 0 Å². The molecule has 0 bridgehead atoms. The molecule has 2 rings (SSSR count). The van der Waals surface area contributed by atoms with Gasteiger partial charge in [-0.1, -0.05) is 0 Å². The van der Waals surface area contributed by atoms with E-state index in [1.807, 2.05) is 6.92 Å². The number of aliphatic hydroxyl groups is 1. The lowest BCUT2D eigenvalue weighted by Crippen LogP contribution is -2.48. The van der Waals surface area contributed by atoms with Gasteiger partial charge in [-0.3, -0.25) is 5.10 Å². The van der Waals surface area contributed by atoms with Crippen molar-refractivity contribution >= 4 is 16.9 Å². The summed E-state index contributed by atoms with van der Waals surface area (Å²) in [7, 11) is 0. The molecule has 0 amide bonds. The summed E-state index contributed by atoms with van der Waals surface area (Å²) < 4.78 is 5.43. The summed E-state index contributed by atoms with van der Waals surface area (Å²) in [6.45, 7) is 8.50. The number of nitrogens with one attached hydrogen (secondary N) is 1. The lowest BCUT2D eigenvalue weighted by atomic mass is 9.89. The first-order valence-corrected chi connectivity index (χ1v) is 6.52. The molecule has 0 fully saturated rings. The van der Waals surface area contributed by atoms with Crippen LogP contribution in [0.3, 0.4) is 0 Å². The van der Waals surface area contributed by atoms with E-state index in [4.69, 9.17) is 4.74 Å². The van der Waals surface area contributed by atoms with Gasteiger partial charge in [-0.05, 0) is 52.8 Å². The van der Waals surface area contributed by atoms with Crippen molar-refractivity contribution in [2.75, 3.05) is 0 Å². The summed E-state index contributed by atoms with van der Waals surface area (Å²) in [4.78, 5) is 12.2. The van der Waals surface area contributed by atoms with Crippen molar-refractivity contribution in [2.45, 2.75) is 45.8 Å². The third-order valence-electron chi connectivity index (χ3n) is 3.80. The SMILES string of the molecule is Cc1[nH]nc2ccc(C(=O)OC(C)(C)C(C)(C)O)cc12. The van der Waals surface area contributed by atoms with Gasteiger partial charge < -0.3 is 9.84 Å². The Morgan fingerprint density at radius 2 is 1.95 bits per heavy atom. The van der Waals surface area contributed by atoms with E-state index in [1.54, 1.807) is 45.9 Å². The number of carbonyl (C=O) groups excluding carboxylic acids is 1. The van der Waals surface area contributed by atoms with E-state index in [2.05, 4.69) is 10.2 Å². The van der Waals surface area contributed by atoms with E-state index in [0.29, 0.717) is 5.56 Å². The maximum atomic E-state index is 12.2. The van der Waals surface area contributed by atoms with Gasteiger partial charge in [0, 0.05) is 11.1 Å². The Bertz CT molecular complexity index is 651. The summed E-state index contributed by atoms with van der Waals surface area (Å²) in [6.07, 6.45) is 0. The van der Waals surface area contributed by atoms with Gasteiger partial charge in [0.2, 0.25) is 0 Å². The van der Waals surface area contributed by atoms with Crippen LogP contribution in [0.1, 0.15) is 43.7 Å². The van der Waals surface area contributed by atoms with Crippen LogP contribution >= 0.6 is 0 Å². The first-order valence-electron chi connectivity index (χ1n) is 6.52. The lowest BCUT2D eigenvalue weighted by Gasteiger charge is -2.36. The number of aromatic nitrogens is 2. The monoisotopic (exact) mass is 276 g/mol. The highest BCUT2D eigenvalue weighted by molar-refractivity contribution is 5.95. The number of hydrogen-bond acceptors (Lipinski definition) is 4. The molecule has 0 unspecified atom stereocenters. The minimum absolute atomic E-state index is 0.444. The van der Waals surface area contributed by atoms with Crippen molar-refractivity contribution in [3.05, 3.63) is 29.5 Å². The number of esters is 1. The topological polar surface area (TPSA) is 75.2 Å². The highest BCUT2D eigenvalue weighted by Crippen LogP contribution is 2.27. The fourth-order valence-corrected chi connectivity index (χ4v) is 1.68. The van der Waals surface area contributed by atoms with E-state index in [0.717, 1.165) is 16.6 Å². The molecule has 5 nitrogen and oxygen atoms in total. The maximum Gasteiger partial charge on any atom is 0.338 e. The number of aromatic amines is 1. The summed E-state index contributed by atoms with van der Waals surface area (Å²) in [6, 6.07) is 5.19. The van der Waals surface area contributed by atoms with Crippen LogP contribution in [0.4, 0.5) is 0 Å². The summed E-state index contributed by atoms with van der Waals surface area (Å²) in [5.41, 5.74) is 0.0412. The molecule has 1 heterocycles.